The molecule has 0 saturated carbocycles. The number of aryl methyl sites for hydroxylation is 1. The number of hydrogen-bond donors (Lipinski definition) is 2. The van der Waals surface area contributed by atoms with Gasteiger partial charge in [0.15, 0.2) is 0 Å². The molecule has 0 fully saturated rings. The van der Waals surface area contributed by atoms with E-state index in [1.807, 2.05) is 13.1 Å². The molecule has 0 aliphatic rings. The van der Waals surface area contributed by atoms with Crippen molar-refractivity contribution in [3.63, 3.8) is 0 Å². The van der Waals surface area contributed by atoms with E-state index in [9.17, 15) is 0 Å². The van der Waals surface area contributed by atoms with E-state index < -0.39 is 0 Å². The number of aromatic amines is 1. The van der Waals surface area contributed by atoms with Crippen LogP contribution in [0.4, 0.5) is 0 Å². The second-order valence-corrected chi connectivity index (χ2v) is 4.90. The normalized spacial score (nSPS) is 11.3. The molecule has 0 spiro atoms. The first kappa shape index (κ1) is 13.0. The Morgan fingerprint density at radius 2 is 2.17 bits per heavy atom. The molecule has 18 heavy (non-hydrogen) atoms. The summed E-state index contributed by atoms with van der Waals surface area (Å²) in [6.45, 7) is 5.15. The molecule has 3 nitrogen and oxygen atoms in total. The fourth-order valence-corrected chi connectivity index (χ4v) is 2.17. The second-order valence-electron chi connectivity index (χ2n) is 4.90. The third-order valence-corrected chi connectivity index (χ3v) is 2.98. The third kappa shape index (κ3) is 3.05. The molecule has 2 rings (SSSR count). The summed E-state index contributed by atoms with van der Waals surface area (Å²) in [7, 11) is 1.99. The number of benzene rings is 1. The molecular formula is C15H22N2O. The van der Waals surface area contributed by atoms with Gasteiger partial charge in [0.25, 0.3) is 0 Å². The zero-order valence-electron chi connectivity index (χ0n) is 11.4. The van der Waals surface area contributed by atoms with Gasteiger partial charge in [0.1, 0.15) is 5.75 Å². The average molecular weight is 246 g/mol. The largest absolute Gasteiger partial charge is 0.491 e. The molecular weight excluding hydrogens is 224 g/mol. The van der Waals surface area contributed by atoms with Gasteiger partial charge in [-0.2, -0.15) is 0 Å². The van der Waals surface area contributed by atoms with E-state index >= 15 is 0 Å². The van der Waals surface area contributed by atoms with Crippen LogP contribution in [-0.2, 0) is 6.42 Å². The molecule has 1 aromatic heterocycles. The highest BCUT2D eigenvalue weighted by Gasteiger charge is 2.06. The minimum Gasteiger partial charge on any atom is -0.491 e. The first-order chi connectivity index (χ1) is 8.70. The Bertz CT molecular complexity index is 502. The molecule has 1 heterocycles. The van der Waals surface area contributed by atoms with Gasteiger partial charge in [0, 0.05) is 17.1 Å². The van der Waals surface area contributed by atoms with Crippen molar-refractivity contribution >= 4 is 10.9 Å². The number of H-pyrrole nitrogens is 1. The maximum atomic E-state index is 5.75. The molecule has 0 bridgehead atoms. The molecule has 2 N–H and O–H groups in total. The first-order valence-corrected chi connectivity index (χ1v) is 6.62. The van der Waals surface area contributed by atoms with Crippen molar-refractivity contribution in [1.29, 1.82) is 0 Å². The quantitative estimate of drug-likeness (QED) is 0.768. The lowest BCUT2D eigenvalue weighted by atomic mass is 10.1. The fraction of sp³-hybridized carbons (Fsp3) is 0.467. The Balaban J connectivity index is 2.20. The summed E-state index contributed by atoms with van der Waals surface area (Å²) in [6.07, 6.45) is 4.57. The van der Waals surface area contributed by atoms with Crippen molar-refractivity contribution in [2.24, 2.45) is 0 Å². The third-order valence-electron chi connectivity index (χ3n) is 2.98. The van der Waals surface area contributed by atoms with Crippen molar-refractivity contribution < 1.29 is 4.74 Å². The van der Waals surface area contributed by atoms with Crippen molar-refractivity contribution in [2.75, 3.05) is 13.6 Å². The van der Waals surface area contributed by atoms with Crippen LogP contribution in [0.5, 0.6) is 5.75 Å². The minimum atomic E-state index is 0.217. The lowest BCUT2D eigenvalue weighted by molar-refractivity contribution is 0.243. The Labute approximate surface area is 109 Å². The molecule has 0 atom stereocenters. The predicted octanol–water partition coefficient (Wildman–Crippen LogP) is 3.11. The van der Waals surface area contributed by atoms with Crippen LogP contribution in [0.2, 0.25) is 0 Å². The smallest absolute Gasteiger partial charge is 0.120 e. The lowest BCUT2D eigenvalue weighted by Crippen LogP contribution is -2.08. The van der Waals surface area contributed by atoms with E-state index in [-0.39, 0.29) is 6.10 Å². The van der Waals surface area contributed by atoms with Crippen LogP contribution in [0.1, 0.15) is 25.8 Å². The molecule has 0 aliphatic carbocycles. The van der Waals surface area contributed by atoms with Crippen molar-refractivity contribution in [3.05, 3.63) is 30.0 Å². The zero-order valence-corrected chi connectivity index (χ0v) is 11.4. The average Bonchev–Trinajstić information content (AvgIpc) is 2.72. The number of fused-ring (bicyclic) bond motifs is 1. The van der Waals surface area contributed by atoms with E-state index in [1.165, 1.54) is 16.5 Å². The molecule has 3 heteroatoms. The maximum absolute atomic E-state index is 5.75. The second kappa shape index (κ2) is 5.91. The van der Waals surface area contributed by atoms with Crippen LogP contribution in [0.3, 0.4) is 0 Å². The van der Waals surface area contributed by atoms with Crippen molar-refractivity contribution in [3.8, 4) is 5.75 Å². The van der Waals surface area contributed by atoms with Crippen LogP contribution in [0, 0.1) is 0 Å². The molecule has 98 valence electrons. The van der Waals surface area contributed by atoms with E-state index in [4.69, 9.17) is 4.74 Å². The van der Waals surface area contributed by atoms with Crippen LogP contribution in [0.15, 0.2) is 24.4 Å². The summed E-state index contributed by atoms with van der Waals surface area (Å²) in [5.74, 6) is 0.951. The molecule has 0 saturated heterocycles. The van der Waals surface area contributed by atoms with Gasteiger partial charge < -0.3 is 15.0 Å². The van der Waals surface area contributed by atoms with Gasteiger partial charge in [0.2, 0.25) is 0 Å². The van der Waals surface area contributed by atoms with Crippen LogP contribution in [0.25, 0.3) is 10.9 Å². The Morgan fingerprint density at radius 3 is 2.89 bits per heavy atom. The Hall–Kier alpha value is -1.48. The maximum Gasteiger partial charge on any atom is 0.120 e. The summed E-state index contributed by atoms with van der Waals surface area (Å²) >= 11 is 0. The molecule has 0 radical (unpaired) electrons. The SMILES string of the molecule is CNCCCc1c[nH]c2ccc(OC(C)C)cc12. The zero-order chi connectivity index (χ0) is 13.0. The minimum absolute atomic E-state index is 0.217. The Kier molecular flexibility index (Phi) is 4.26. The highest BCUT2D eigenvalue weighted by molar-refractivity contribution is 5.84. The number of ether oxygens (including phenoxy) is 1. The van der Waals surface area contributed by atoms with Gasteiger partial charge in [0.05, 0.1) is 6.10 Å². The summed E-state index contributed by atoms with van der Waals surface area (Å²) in [4.78, 5) is 3.32. The van der Waals surface area contributed by atoms with E-state index in [1.54, 1.807) is 0 Å². The molecule has 0 amide bonds. The van der Waals surface area contributed by atoms with Gasteiger partial charge in [-0.15, -0.1) is 0 Å². The standard InChI is InChI=1S/C15H22N2O/c1-11(2)18-13-6-7-15-14(9-13)12(10-17-15)5-4-8-16-3/h6-7,9-11,16-17H,4-5,8H2,1-3H3. The van der Waals surface area contributed by atoms with Gasteiger partial charge in [-0.25, -0.2) is 0 Å². The van der Waals surface area contributed by atoms with Gasteiger partial charge >= 0.3 is 0 Å². The van der Waals surface area contributed by atoms with Crippen LogP contribution >= 0.6 is 0 Å². The molecule has 2 aromatic rings. The first-order valence-electron chi connectivity index (χ1n) is 6.62. The Morgan fingerprint density at radius 1 is 1.33 bits per heavy atom. The van der Waals surface area contributed by atoms with E-state index in [0.29, 0.717) is 0 Å². The topological polar surface area (TPSA) is 37.0 Å². The summed E-state index contributed by atoms with van der Waals surface area (Å²) in [5.41, 5.74) is 2.56. The molecule has 0 aliphatic heterocycles. The van der Waals surface area contributed by atoms with Crippen molar-refractivity contribution in [1.82, 2.24) is 10.3 Å². The predicted molar refractivity (Wildman–Crippen MR) is 76.3 cm³/mol. The monoisotopic (exact) mass is 246 g/mol. The van der Waals surface area contributed by atoms with Gasteiger partial charge in [-0.1, -0.05) is 0 Å². The number of aromatic nitrogens is 1. The van der Waals surface area contributed by atoms with Crippen LogP contribution < -0.4 is 10.1 Å². The van der Waals surface area contributed by atoms with E-state index in [2.05, 4.69) is 42.5 Å². The lowest BCUT2D eigenvalue weighted by Gasteiger charge is -2.09. The number of nitrogens with one attached hydrogen (secondary N) is 2. The number of rotatable bonds is 6. The highest BCUT2D eigenvalue weighted by atomic mass is 16.5. The van der Waals surface area contributed by atoms with Gasteiger partial charge in [-0.3, -0.25) is 0 Å². The molecule has 1 aromatic carbocycles. The summed E-state index contributed by atoms with van der Waals surface area (Å²) in [6, 6.07) is 6.26. The fourth-order valence-electron chi connectivity index (χ4n) is 2.17. The summed E-state index contributed by atoms with van der Waals surface area (Å²) in [5, 5.41) is 4.46. The van der Waals surface area contributed by atoms with Crippen LogP contribution in [-0.4, -0.2) is 24.7 Å². The molecule has 0 unspecified atom stereocenters. The highest BCUT2D eigenvalue weighted by Crippen LogP contribution is 2.25. The van der Waals surface area contributed by atoms with E-state index in [0.717, 1.165) is 25.1 Å². The summed E-state index contributed by atoms with van der Waals surface area (Å²) < 4.78 is 5.75. The number of hydrogen-bond acceptors (Lipinski definition) is 2. The van der Waals surface area contributed by atoms with Crippen molar-refractivity contribution in [2.45, 2.75) is 32.8 Å². The van der Waals surface area contributed by atoms with Gasteiger partial charge in [-0.05, 0) is 64.0 Å².